The fraction of sp³-hybridized carbons (Fsp3) is 0.154. The minimum absolute atomic E-state index is 0.0380. The molecule has 1 heterocycles. The molecule has 0 spiro atoms. The third-order valence-electron chi connectivity index (χ3n) is 5.23. The molecule has 0 bridgehead atoms. The molecule has 172 valence electrons. The first-order valence-corrected chi connectivity index (χ1v) is 11.8. The largest absolute Gasteiger partial charge is 0.272 e. The zero-order chi connectivity index (χ0) is 24.1. The van der Waals surface area contributed by atoms with Gasteiger partial charge < -0.3 is 0 Å². The zero-order valence-corrected chi connectivity index (χ0v) is 19.6. The molecule has 0 radical (unpaired) electrons. The fourth-order valence-electron chi connectivity index (χ4n) is 3.56. The number of nitrogens with zero attached hydrogens (tertiary/aromatic N) is 2. The quantitative estimate of drug-likeness (QED) is 0.251. The Morgan fingerprint density at radius 1 is 0.912 bits per heavy atom. The third-order valence-corrected chi connectivity index (χ3v) is 6.17. The van der Waals surface area contributed by atoms with Gasteiger partial charge in [0.05, 0.1) is 22.3 Å². The van der Waals surface area contributed by atoms with Gasteiger partial charge in [0, 0.05) is 5.56 Å². The molecule has 2 amide bonds. The van der Waals surface area contributed by atoms with Crippen LogP contribution in [0.15, 0.2) is 88.8 Å². The van der Waals surface area contributed by atoms with Crippen LogP contribution in [-0.4, -0.2) is 27.1 Å². The van der Waals surface area contributed by atoms with Crippen LogP contribution in [0.25, 0.3) is 16.6 Å². The summed E-state index contributed by atoms with van der Waals surface area (Å²) >= 11 is 1.14. The van der Waals surface area contributed by atoms with E-state index in [0.717, 1.165) is 23.0 Å². The molecule has 0 aliphatic carbocycles. The first kappa shape index (κ1) is 23.3. The van der Waals surface area contributed by atoms with Crippen molar-refractivity contribution in [2.75, 3.05) is 5.75 Å². The lowest BCUT2D eigenvalue weighted by Gasteiger charge is -2.18. The molecule has 4 rings (SSSR count). The second-order valence-corrected chi connectivity index (χ2v) is 8.87. The topological polar surface area (TPSA) is 93.1 Å². The molecule has 0 aliphatic rings. The van der Waals surface area contributed by atoms with Gasteiger partial charge >= 0.3 is 0 Å². The summed E-state index contributed by atoms with van der Waals surface area (Å²) in [6, 6.07) is 23.4. The van der Waals surface area contributed by atoms with Gasteiger partial charge in [-0.3, -0.25) is 29.8 Å². The third kappa shape index (κ3) is 5.02. The van der Waals surface area contributed by atoms with E-state index in [2.05, 4.69) is 29.7 Å². The smallest absolute Gasteiger partial charge is 0.269 e. The normalized spacial score (nSPS) is 10.9. The first-order valence-electron chi connectivity index (χ1n) is 10.8. The monoisotopic (exact) mass is 472 g/mol. The van der Waals surface area contributed by atoms with E-state index in [9.17, 15) is 14.4 Å². The predicted molar refractivity (Wildman–Crippen MR) is 134 cm³/mol. The number of aromatic nitrogens is 2. The molecule has 0 fully saturated rings. The summed E-state index contributed by atoms with van der Waals surface area (Å²) in [6.07, 6.45) is 0. The Hall–Kier alpha value is -3.91. The Labute approximate surface area is 201 Å². The van der Waals surface area contributed by atoms with Gasteiger partial charge in [0.15, 0.2) is 5.16 Å². The lowest BCUT2D eigenvalue weighted by Crippen LogP contribution is -2.42. The molecule has 0 unspecified atom stereocenters. The maximum atomic E-state index is 13.5. The van der Waals surface area contributed by atoms with Gasteiger partial charge in [0.1, 0.15) is 0 Å². The maximum Gasteiger partial charge on any atom is 0.269 e. The number of benzene rings is 3. The highest BCUT2D eigenvalue weighted by atomic mass is 32.2. The van der Waals surface area contributed by atoms with Gasteiger partial charge in [-0.1, -0.05) is 74.1 Å². The lowest BCUT2D eigenvalue weighted by atomic mass is 10.0. The van der Waals surface area contributed by atoms with Gasteiger partial charge in [-0.05, 0) is 41.8 Å². The number of para-hydroxylation sites is 2. The Morgan fingerprint density at radius 2 is 1.59 bits per heavy atom. The van der Waals surface area contributed by atoms with Gasteiger partial charge in [-0.25, -0.2) is 4.98 Å². The molecule has 1 aromatic heterocycles. The Bertz CT molecular complexity index is 1400. The van der Waals surface area contributed by atoms with Gasteiger partial charge in [-0.15, -0.1) is 0 Å². The number of hydrogen-bond donors (Lipinski definition) is 2. The first-order chi connectivity index (χ1) is 16.5. The SMILES string of the molecule is CC(C)c1ccccc1-n1c(SCC(=O)NNC(=O)c2ccccc2)nc2ccccc2c1=O. The van der Waals surface area contributed by atoms with Crippen LogP contribution in [0.5, 0.6) is 0 Å². The van der Waals surface area contributed by atoms with Crippen LogP contribution in [-0.2, 0) is 4.79 Å². The number of hydrogen-bond acceptors (Lipinski definition) is 5. The molecule has 4 aromatic rings. The Morgan fingerprint density at radius 3 is 2.35 bits per heavy atom. The summed E-state index contributed by atoms with van der Waals surface area (Å²) in [5, 5.41) is 0.909. The molecular weight excluding hydrogens is 448 g/mol. The lowest BCUT2D eigenvalue weighted by molar-refractivity contribution is -0.119. The van der Waals surface area contributed by atoms with Crippen molar-refractivity contribution >= 4 is 34.5 Å². The number of nitrogens with one attached hydrogen (secondary N) is 2. The van der Waals surface area contributed by atoms with E-state index >= 15 is 0 Å². The maximum absolute atomic E-state index is 13.5. The molecule has 0 atom stereocenters. The summed E-state index contributed by atoms with van der Waals surface area (Å²) in [5.41, 5.74) is 7.36. The molecule has 7 nitrogen and oxygen atoms in total. The summed E-state index contributed by atoms with van der Waals surface area (Å²) in [5.74, 6) is -0.682. The molecule has 0 saturated heterocycles. The van der Waals surface area contributed by atoms with E-state index in [4.69, 9.17) is 0 Å². The van der Waals surface area contributed by atoms with Crippen molar-refractivity contribution in [3.05, 3.63) is 100 Å². The van der Waals surface area contributed by atoms with E-state index < -0.39 is 11.8 Å². The second-order valence-electron chi connectivity index (χ2n) is 7.92. The van der Waals surface area contributed by atoms with E-state index in [1.807, 2.05) is 30.3 Å². The van der Waals surface area contributed by atoms with Crippen LogP contribution in [0, 0.1) is 0 Å². The average molecular weight is 473 g/mol. The molecule has 0 aliphatic heterocycles. The summed E-state index contributed by atoms with van der Waals surface area (Å²) in [6.45, 7) is 4.13. The zero-order valence-electron chi connectivity index (χ0n) is 18.8. The van der Waals surface area contributed by atoms with Gasteiger partial charge in [-0.2, -0.15) is 0 Å². The highest BCUT2D eigenvalue weighted by molar-refractivity contribution is 7.99. The van der Waals surface area contributed by atoms with Crippen molar-refractivity contribution in [2.24, 2.45) is 0 Å². The molecule has 34 heavy (non-hydrogen) atoms. The number of hydrazine groups is 1. The Kier molecular flexibility index (Phi) is 7.08. The van der Waals surface area contributed by atoms with Crippen molar-refractivity contribution in [1.29, 1.82) is 0 Å². The summed E-state index contributed by atoms with van der Waals surface area (Å²) in [4.78, 5) is 42.8. The van der Waals surface area contributed by atoms with Crippen LogP contribution in [0.3, 0.4) is 0 Å². The van der Waals surface area contributed by atoms with Crippen LogP contribution >= 0.6 is 11.8 Å². The van der Waals surface area contributed by atoms with E-state index in [0.29, 0.717) is 21.6 Å². The van der Waals surface area contributed by atoms with Crippen molar-refractivity contribution in [2.45, 2.75) is 24.9 Å². The number of fused-ring (bicyclic) bond motifs is 1. The van der Waals surface area contributed by atoms with Crippen molar-refractivity contribution < 1.29 is 9.59 Å². The van der Waals surface area contributed by atoms with Crippen LogP contribution in [0.1, 0.15) is 35.7 Å². The summed E-state index contributed by atoms with van der Waals surface area (Å²) in [7, 11) is 0. The highest BCUT2D eigenvalue weighted by Crippen LogP contribution is 2.27. The molecule has 8 heteroatoms. The number of rotatable bonds is 6. The number of amides is 2. The minimum atomic E-state index is -0.416. The summed E-state index contributed by atoms with van der Waals surface area (Å²) < 4.78 is 1.57. The highest BCUT2D eigenvalue weighted by Gasteiger charge is 2.18. The number of carbonyl (C=O) groups is 2. The van der Waals surface area contributed by atoms with Gasteiger partial charge in [0.2, 0.25) is 5.91 Å². The molecule has 2 N–H and O–H groups in total. The number of thioether (sulfide) groups is 1. The Balaban J connectivity index is 1.61. The van der Waals surface area contributed by atoms with Crippen LogP contribution in [0.2, 0.25) is 0 Å². The second kappa shape index (κ2) is 10.4. The van der Waals surface area contributed by atoms with Crippen LogP contribution < -0.4 is 16.4 Å². The van der Waals surface area contributed by atoms with E-state index in [-0.39, 0.29) is 17.2 Å². The number of carbonyl (C=O) groups excluding carboxylic acids is 2. The molecule has 0 saturated carbocycles. The fourth-order valence-corrected chi connectivity index (χ4v) is 4.36. The van der Waals surface area contributed by atoms with Crippen molar-refractivity contribution in [3.8, 4) is 5.69 Å². The predicted octanol–water partition coefficient (Wildman–Crippen LogP) is 4.06. The average Bonchev–Trinajstić information content (AvgIpc) is 2.86. The van der Waals surface area contributed by atoms with Gasteiger partial charge in [0.25, 0.3) is 11.5 Å². The molecule has 3 aromatic carbocycles. The van der Waals surface area contributed by atoms with Crippen molar-refractivity contribution in [3.63, 3.8) is 0 Å². The van der Waals surface area contributed by atoms with E-state index in [1.165, 1.54) is 0 Å². The van der Waals surface area contributed by atoms with Crippen LogP contribution in [0.4, 0.5) is 0 Å². The van der Waals surface area contributed by atoms with Crippen molar-refractivity contribution in [1.82, 2.24) is 20.4 Å². The standard InChI is InChI=1S/C26H24N4O3S/c1-17(2)19-12-7-9-15-22(19)30-25(33)20-13-6-8-14-21(20)27-26(30)34-16-23(31)28-29-24(32)18-10-4-3-5-11-18/h3-15,17H,16H2,1-2H3,(H,28,31)(H,29,32). The minimum Gasteiger partial charge on any atom is -0.272 e. The molecular formula is C26H24N4O3S. The van der Waals surface area contributed by atoms with E-state index in [1.54, 1.807) is 53.1 Å².